The summed E-state index contributed by atoms with van der Waals surface area (Å²) in [4.78, 5) is 12.9. The molecule has 180 valence electrons. The van der Waals surface area contributed by atoms with Gasteiger partial charge in [-0.05, 0) is 43.2 Å². The van der Waals surface area contributed by atoms with Gasteiger partial charge in [0, 0.05) is 52.2 Å². The van der Waals surface area contributed by atoms with E-state index in [2.05, 4.69) is 20.2 Å². The van der Waals surface area contributed by atoms with Gasteiger partial charge in [-0.1, -0.05) is 0 Å². The van der Waals surface area contributed by atoms with Crippen LogP contribution in [0, 0.1) is 6.92 Å². The first kappa shape index (κ1) is 23.4. The SMILES string of the molecule is Cc1cc(N2CCC(N)C2)ccc1Nc1ncc(C(F)(F)F)c(-c2cc3c(s2)COCCS3)n1. The minimum atomic E-state index is -4.56. The molecule has 5 rings (SSSR count). The highest BCUT2D eigenvalue weighted by Gasteiger charge is 2.36. The zero-order valence-corrected chi connectivity index (χ0v) is 20.1. The van der Waals surface area contributed by atoms with Gasteiger partial charge in [-0.2, -0.15) is 13.2 Å². The van der Waals surface area contributed by atoms with Gasteiger partial charge in [0.25, 0.3) is 0 Å². The van der Waals surface area contributed by atoms with Crippen molar-refractivity contribution in [2.45, 2.75) is 37.1 Å². The second-order valence-corrected chi connectivity index (χ2v) is 10.6. The number of nitrogens with zero attached hydrogens (tertiary/aromatic N) is 3. The first-order valence-electron chi connectivity index (χ1n) is 10.9. The first-order chi connectivity index (χ1) is 16.3. The zero-order chi connectivity index (χ0) is 23.9. The molecule has 11 heteroatoms. The number of aryl methyl sites for hydroxylation is 1. The largest absolute Gasteiger partial charge is 0.420 e. The number of fused-ring (bicyclic) bond motifs is 1. The van der Waals surface area contributed by atoms with Gasteiger partial charge in [-0.15, -0.1) is 23.1 Å². The molecular formula is C23H24F3N5OS2. The number of anilines is 3. The Bertz CT molecular complexity index is 1180. The smallest absolute Gasteiger partial charge is 0.375 e. The normalized spacial score (nSPS) is 18.6. The zero-order valence-electron chi connectivity index (χ0n) is 18.5. The fourth-order valence-corrected chi connectivity index (χ4v) is 6.31. The molecule has 4 heterocycles. The Morgan fingerprint density at radius 1 is 1.26 bits per heavy atom. The van der Waals surface area contributed by atoms with E-state index in [1.54, 1.807) is 17.8 Å². The Hall–Kier alpha value is -2.34. The molecule has 1 fully saturated rings. The molecule has 0 bridgehead atoms. The third-order valence-electron chi connectivity index (χ3n) is 5.86. The van der Waals surface area contributed by atoms with Crippen molar-refractivity contribution in [3.05, 3.63) is 46.5 Å². The molecule has 0 spiro atoms. The number of ether oxygens (including phenoxy) is 1. The van der Waals surface area contributed by atoms with E-state index < -0.39 is 11.7 Å². The average Bonchev–Trinajstić information content (AvgIpc) is 3.34. The number of hydrogen-bond donors (Lipinski definition) is 2. The van der Waals surface area contributed by atoms with Crippen molar-refractivity contribution in [1.82, 2.24) is 9.97 Å². The number of thioether (sulfide) groups is 1. The van der Waals surface area contributed by atoms with Gasteiger partial charge >= 0.3 is 6.18 Å². The summed E-state index contributed by atoms with van der Waals surface area (Å²) >= 11 is 2.88. The summed E-state index contributed by atoms with van der Waals surface area (Å²) in [7, 11) is 0. The molecule has 2 aliphatic rings. The number of hydrogen-bond acceptors (Lipinski definition) is 8. The van der Waals surface area contributed by atoms with E-state index in [1.807, 2.05) is 25.1 Å². The van der Waals surface area contributed by atoms with E-state index in [9.17, 15) is 13.2 Å². The Kier molecular flexibility index (Phi) is 6.45. The van der Waals surface area contributed by atoms with Gasteiger partial charge in [0.2, 0.25) is 5.95 Å². The average molecular weight is 508 g/mol. The molecule has 0 amide bonds. The van der Waals surface area contributed by atoms with Crippen molar-refractivity contribution in [1.29, 1.82) is 0 Å². The van der Waals surface area contributed by atoms with Crippen molar-refractivity contribution >= 4 is 40.4 Å². The van der Waals surface area contributed by atoms with Crippen LogP contribution in [-0.2, 0) is 17.5 Å². The molecule has 1 unspecified atom stereocenters. The Balaban J connectivity index is 1.45. The van der Waals surface area contributed by atoms with E-state index >= 15 is 0 Å². The molecule has 1 atom stereocenters. The molecule has 3 aromatic rings. The van der Waals surface area contributed by atoms with E-state index in [0.29, 0.717) is 18.1 Å². The minimum Gasteiger partial charge on any atom is -0.375 e. The predicted octanol–water partition coefficient (Wildman–Crippen LogP) is 5.44. The van der Waals surface area contributed by atoms with Crippen LogP contribution in [0.2, 0.25) is 0 Å². The number of halogens is 3. The summed E-state index contributed by atoms with van der Waals surface area (Å²) in [6, 6.07) is 7.87. The lowest BCUT2D eigenvalue weighted by atomic mass is 10.1. The molecule has 0 radical (unpaired) electrons. The highest BCUT2D eigenvalue weighted by molar-refractivity contribution is 7.99. The highest BCUT2D eigenvalue weighted by Crippen LogP contribution is 2.43. The molecular weight excluding hydrogens is 483 g/mol. The first-order valence-corrected chi connectivity index (χ1v) is 12.7. The third-order valence-corrected chi connectivity index (χ3v) is 8.15. The summed E-state index contributed by atoms with van der Waals surface area (Å²) in [6.45, 7) is 4.69. The van der Waals surface area contributed by atoms with E-state index in [4.69, 9.17) is 10.5 Å². The van der Waals surface area contributed by atoms with Crippen LogP contribution in [0.1, 0.15) is 22.4 Å². The maximum Gasteiger partial charge on any atom is 0.420 e. The standard InChI is InChI=1S/C23H24F3N5OS2/c1-13-8-15(31-5-4-14(27)11-31)2-3-17(13)29-22-28-10-16(23(24,25)26)21(30-22)19-9-18-20(34-19)12-32-6-7-33-18/h2-3,8-10,14H,4-7,11-12,27H2,1H3,(H,28,29,30). The lowest BCUT2D eigenvalue weighted by molar-refractivity contribution is -0.137. The van der Waals surface area contributed by atoms with Crippen LogP contribution in [0.3, 0.4) is 0 Å². The molecule has 2 aliphatic heterocycles. The fourth-order valence-electron chi connectivity index (χ4n) is 4.09. The summed E-state index contributed by atoms with van der Waals surface area (Å²) in [5, 5.41) is 3.10. The lowest BCUT2D eigenvalue weighted by Crippen LogP contribution is -2.26. The van der Waals surface area contributed by atoms with E-state index in [1.165, 1.54) is 11.3 Å². The predicted molar refractivity (Wildman–Crippen MR) is 130 cm³/mol. The number of benzene rings is 1. The second-order valence-electron chi connectivity index (χ2n) is 8.37. The maximum absolute atomic E-state index is 13.8. The quantitative estimate of drug-likeness (QED) is 0.487. The minimum absolute atomic E-state index is 0.120. The number of nitrogens with two attached hydrogens (primary N) is 1. The van der Waals surface area contributed by atoms with E-state index in [-0.39, 0.29) is 17.7 Å². The van der Waals surface area contributed by atoms with Gasteiger partial charge in [0.1, 0.15) is 5.56 Å². The van der Waals surface area contributed by atoms with Crippen molar-refractivity contribution in [2.75, 3.05) is 35.7 Å². The highest BCUT2D eigenvalue weighted by atomic mass is 32.2. The Morgan fingerprint density at radius 3 is 2.85 bits per heavy atom. The van der Waals surface area contributed by atoms with Crippen molar-refractivity contribution < 1.29 is 17.9 Å². The topological polar surface area (TPSA) is 76.3 Å². The molecule has 3 N–H and O–H groups in total. The Labute approximate surface area is 203 Å². The number of thiophene rings is 1. The van der Waals surface area contributed by atoms with Crippen LogP contribution in [0.5, 0.6) is 0 Å². The van der Waals surface area contributed by atoms with Crippen LogP contribution in [0.4, 0.5) is 30.5 Å². The molecule has 1 saturated heterocycles. The molecule has 0 saturated carbocycles. The maximum atomic E-state index is 13.8. The van der Waals surface area contributed by atoms with Gasteiger partial charge in [0.15, 0.2) is 0 Å². The van der Waals surface area contributed by atoms with Gasteiger partial charge in [-0.3, -0.25) is 0 Å². The fraction of sp³-hybridized carbons (Fsp3) is 0.391. The number of nitrogens with one attached hydrogen (secondary N) is 1. The van der Waals surface area contributed by atoms with Gasteiger partial charge in [-0.25, -0.2) is 9.97 Å². The third kappa shape index (κ3) is 4.88. The van der Waals surface area contributed by atoms with Crippen LogP contribution in [0.15, 0.2) is 35.4 Å². The molecule has 2 aromatic heterocycles. The van der Waals surface area contributed by atoms with Crippen LogP contribution >= 0.6 is 23.1 Å². The second kappa shape index (κ2) is 9.37. The molecule has 0 aliphatic carbocycles. The van der Waals surface area contributed by atoms with Crippen molar-refractivity contribution in [3.8, 4) is 10.6 Å². The molecule has 1 aromatic carbocycles. The Morgan fingerprint density at radius 2 is 2.12 bits per heavy atom. The summed E-state index contributed by atoms with van der Waals surface area (Å²) in [5.41, 5.74) is 7.81. The van der Waals surface area contributed by atoms with E-state index in [0.717, 1.165) is 58.2 Å². The number of rotatable bonds is 4. The molecule has 6 nitrogen and oxygen atoms in total. The van der Waals surface area contributed by atoms with Crippen LogP contribution in [-0.4, -0.2) is 41.5 Å². The lowest BCUT2D eigenvalue weighted by Gasteiger charge is -2.20. The van der Waals surface area contributed by atoms with Crippen molar-refractivity contribution in [2.24, 2.45) is 5.73 Å². The number of alkyl halides is 3. The van der Waals surface area contributed by atoms with Crippen LogP contribution < -0.4 is 16.0 Å². The van der Waals surface area contributed by atoms with Gasteiger partial charge in [0.05, 0.1) is 23.8 Å². The van der Waals surface area contributed by atoms with Crippen molar-refractivity contribution in [3.63, 3.8) is 0 Å². The summed E-state index contributed by atoms with van der Waals surface area (Å²) < 4.78 is 46.9. The molecule has 34 heavy (non-hydrogen) atoms. The monoisotopic (exact) mass is 507 g/mol. The summed E-state index contributed by atoms with van der Waals surface area (Å²) in [6.07, 6.45) is -2.75. The van der Waals surface area contributed by atoms with Gasteiger partial charge < -0.3 is 20.7 Å². The summed E-state index contributed by atoms with van der Waals surface area (Å²) in [5.74, 6) is 0.888. The number of aromatic nitrogens is 2. The van der Waals surface area contributed by atoms with Crippen LogP contribution in [0.25, 0.3) is 10.6 Å².